The van der Waals surface area contributed by atoms with E-state index in [-0.39, 0.29) is 11.9 Å². The number of carbonyl (C=O) groups is 1. The van der Waals surface area contributed by atoms with E-state index in [2.05, 4.69) is 5.32 Å². The number of β-amino-alcohol motifs (C(OH)–C–C–N with tert-alkyl or cyclic N) is 1. The Morgan fingerprint density at radius 2 is 1.88 bits per heavy atom. The van der Waals surface area contributed by atoms with Crippen molar-refractivity contribution in [1.82, 2.24) is 5.32 Å². The summed E-state index contributed by atoms with van der Waals surface area (Å²) >= 11 is 0. The van der Waals surface area contributed by atoms with Crippen LogP contribution in [0.1, 0.15) is 18.0 Å². The Morgan fingerprint density at radius 3 is 2.46 bits per heavy atom. The molecule has 1 spiro atoms. The molecule has 3 atom stereocenters. The third-order valence-electron chi connectivity index (χ3n) is 5.00. The van der Waals surface area contributed by atoms with Crippen LogP contribution < -0.4 is 15.0 Å². The first-order valence-electron chi connectivity index (χ1n) is 8.11. The van der Waals surface area contributed by atoms with Crippen LogP contribution in [0.15, 0.2) is 54.6 Å². The molecule has 24 heavy (non-hydrogen) atoms. The van der Waals surface area contributed by atoms with Gasteiger partial charge in [0, 0.05) is 18.7 Å². The van der Waals surface area contributed by atoms with Crippen molar-refractivity contribution in [3.05, 3.63) is 60.2 Å². The zero-order chi connectivity index (χ0) is 16.7. The summed E-state index contributed by atoms with van der Waals surface area (Å²) in [6.45, 7) is 0.450. The van der Waals surface area contributed by atoms with Crippen LogP contribution in [-0.2, 0) is 4.79 Å². The number of hydrogen-bond acceptors (Lipinski definition) is 4. The van der Waals surface area contributed by atoms with Crippen molar-refractivity contribution in [3.63, 3.8) is 0 Å². The van der Waals surface area contributed by atoms with E-state index in [1.807, 2.05) is 54.6 Å². The van der Waals surface area contributed by atoms with Gasteiger partial charge < -0.3 is 14.7 Å². The van der Waals surface area contributed by atoms with Gasteiger partial charge >= 0.3 is 0 Å². The number of amides is 1. The van der Waals surface area contributed by atoms with Gasteiger partial charge in [-0.3, -0.25) is 10.1 Å². The van der Waals surface area contributed by atoms with Gasteiger partial charge in [0.1, 0.15) is 11.3 Å². The van der Waals surface area contributed by atoms with E-state index in [1.165, 1.54) is 0 Å². The van der Waals surface area contributed by atoms with Crippen LogP contribution in [-0.4, -0.2) is 36.3 Å². The van der Waals surface area contributed by atoms with Crippen molar-refractivity contribution in [3.8, 4) is 5.75 Å². The van der Waals surface area contributed by atoms with Gasteiger partial charge in [0.25, 0.3) is 5.91 Å². The zero-order valence-electron chi connectivity index (χ0n) is 13.5. The Balaban J connectivity index is 1.74. The van der Waals surface area contributed by atoms with E-state index in [9.17, 15) is 9.90 Å². The maximum atomic E-state index is 13.0. The normalized spacial score (nSPS) is 28.9. The number of carbonyl (C=O) groups excluding carboxylic acids is 1. The van der Waals surface area contributed by atoms with E-state index >= 15 is 0 Å². The Bertz CT molecular complexity index is 747. The van der Waals surface area contributed by atoms with Crippen LogP contribution in [0.3, 0.4) is 0 Å². The summed E-state index contributed by atoms with van der Waals surface area (Å²) in [4.78, 5) is 14.8. The van der Waals surface area contributed by atoms with E-state index in [4.69, 9.17) is 4.74 Å². The lowest BCUT2D eigenvalue weighted by Gasteiger charge is -2.54. The van der Waals surface area contributed by atoms with Gasteiger partial charge in [-0.15, -0.1) is 0 Å². The summed E-state index contributed by atoms with van der Waals surface area (Å²) in [7, 11) is 1.62. The first kappa shape index (κ1) is 15.2. The lowest BCUT2D eigenvalue weighted by Crippen LogP contribution is -2.73. The number of nitrogens with zero attached hydrogens (tertiary/aromatic N) is 1. The SMILES string of the molecule is COc1ccc(N2C(=O)[C@@]3(C[C@@H](O)CN3)[C@@H]2c2ccccc2)cc1. The molecule has 0 radical (unpaired) electrons. The minimum absolute atomic E-state index is 0.0121. The maximum Gasteiger partial charge on any atom is 0.250 e. The molecule has 0 bridgehead atoms. The summed E-state index contributed by atoms with van der Waals surface area (Å²) < 4.78 is 5.20. The molecule has 4 rings (SSSR count). The summed E-state index contributed by atoms with van der Waals surface area (Å²) in [5.74, 6) is 0.769. The number of ether oxygens (including phenoxy) is 1. The summed E-state index contributed by atoms with van der Waals surface area (Å²) in [5.41, 5.74) is 1.19. The van der Waals surface area contributed by atoms with Gasteiger partial charge in [0.15, 0.2) is 0 Å². The highest BCUT2D eigenvalue weighted by atomic mass is 16.5. The van der Waals surface area contributed by atoms with Crippen molar-refractivity contribution in [2.75, 3.05) is 18.6 Å². The fourth-order valence-electron chi connectivity index (χ4n) is 3.87. The zero-order valence-corrected chi connectivity index (χ0v) is 13.5. The van der Waals surface area contributed by atoms with Gasteiger partial charge in [0.05, 0.1) is 19.3 Å². The number of nitrogens with one attached hydrogen (secondary N) is 1. The molecular weight excluding hydrogens is 304 g/mol. The molecule has 0 aliphatic carbocycles. The summed E-state index contributed by atoms with van der Waals surface area (Å²) in [6, 6.07) is 17.3. The van der Waals surface area contributed by atoms with Crippen LogP contribution >= 0.6 is 0 Å². The minimum atomic E-state index is -0.708. The smallest absolute Gasteiger partial charge is 0.250 e. The van der Waals surface area contributed by atoms with E-state index in [0.29, 0.717) is 13.0 Å². The van der Waals surface area contributed by atoms with Crippen molar-refractivity contribution in [2.45, 2.75) is 24.1 Å². The number of aliphatic hydroxyl groups is 1. The lowest BCUT2D eigenvalue weighted by atomic mass is 9.73. The van der Waals surface area contributed by atoms with Crippen molar-refractivity contribution in [1.29, 1.82) is 0 Å². The Hall–Kier alpha value is -2.37. The lowest BCUT2D eigenvalue weighted by molar-refractivity contribution is -0.134. The molecule has 5 nitrogen and oxygen atoms in total. The molecular formula is C19H20N2O3. The molecule has 5 heteroatoms. The second kappa shape index (κ2) is 5.61. The molecule has 2 N–H and O–H groups in total. The number of anilines is 1. The van der Waals surface area contributed by atoms with Crippen LogP contribution in [0.5, 0.6) is 5.75 Å². The van der Waals surface area contributed by atoms with Crippen LogP contribution in [0.2, 0.25) is 0 Å². The highest BCUT2D eigenvalue weighted by molar-refractivity contribution is 6.09. The van der Waals surface area contributed by atoms with Crippen molar-refractivity contribution >= 4 is 11.6 Å². The third kappa shape index (κ3) is 2.12. The average molecular weight is 324 g/mol. The summed E-state index contributed by atoms with van der Waals surface area (Å²) in [5, 5.41) is 13.3. The number of β-lactam (4-membered cyclic amide) rings is 1. The van der Waals surface area contributed by atoms with E-state index in [1.54, 1.807) is 12.0 Å². The van der Waals surface area contributed by atoms with Gasteiger partial charge in [0.2, 0.25) is 0 Å². The minimum Gasteiger partial charge on any atom is -0.497 e. The van der Waals surface area contributed by atoms with Crippen LogP contribution in [0.25, 0.3) is 0 Å². The molecule has 1 amide bonds. The van der Waals surface area contributed by atoms with Crippen LogP contribution in [0, 0.1) is 0 Å². The largest absolute Gasteiger partial charge is 0.497 e. The van der Waals surface area contributed by atoms with E-state index < -0.39 is 11.6 Å². The monoisotopic (exact) mass is 324 g/mol. The maximum absolute atomic E-state index is 13.0. The Kier molecular flexibility index (Phi) is 3.55. The molecule has 0 unspecified atom stereocenters. The van der Waals surface area contributed by atoms with Gasteiger partial charge in [-0.25, -0.2) is 0 Å². The molecule has 124 valence electrons. The van der Waals surface area contributed by atoms with Gasteiger partial charge in [-0.2, -0.15) is 0 Å². The van der Waals surface area contributed by atoms with Gasteiger partial charge in [-0.05, 0) is 29.8 Å². The predicted molar refractivity (Wildman–Crippen MR) is 91.0 cm³/mol. The first-order chi connectivity index (χ1) is 11.7. The Morgan fingerprint density at radius 1 is 1.17 bits per heavy atom. The number of methoxy groups -OCH3 is 1. The van der Waals surface area contributed by atoms with Gasteiger partial charge in [-0.1, -0.05) is 30.3 Å². The third-order valence-corrected chi connectivity index (χ3v) is 5.00. The molecule has 2 aliphatic rings. The topological polar surface area (TPSA) is 61.8 Å². The molecule has 0 saturated carbocycles. The molecule has 2 aliphatic heterocycles. The fraction of sp³-hybridized carbons (Fsp3) is 0.316. The standard InChI is InChI=1S/C19H20N2O3/c1-24-16-9-7-14(8-10-16)21-17(13-5-3-2-4-6-13)19(18(21)23)11-15(22)12-20-19/h2-10,15,17,20,22H,11-12H2,1H3/t15-,17+,19-/m1/s1. The Labute approximate surface area is 140 Å². The number of benzene rings is 2. The molecule has 2 aromatic carbocycles. The first-order valence-corrected chi connectivity index (χ1v) is 8.11. The van der Waals surface area contributed by atoms with E-state index in [0.717, 1.165) is 17.0 Å². The molecule has 0 aromatic heterocycles. The fourth-order valence-corrected chi connectivity index (χ4v) is 3.87. The predicted octanol–water partition coefficient (Wildman–Crippen LogP) is 1.88. The number of aliphatic hydroxyl groups excluding tert-OH is 1. The number of rotatable bonds is 3. The highest BCUT2D eigenvalue weighted by Crippen LogP contribution is 2.50. The quantitative estimate of drug-likeness (QED) is 0.846. The van der Waals surface area contributed by atoms with Crippen LogP contribution in [0.4, 0.5) is 5.69 Å². The molecule has 2 fully saturated rings. The van der Waals surface area contributed by atoms with Crippen molar-refractivity contribution in [2.24, 2.45) is 0 Å². The van der Waals surface area contributed by atoms with Crippen molar-refractivity contribution < 1.29 is 14.6 Å². The average Bonchev–Trinajstić information content (AvgIpc) is 3.04. The second-order valence-electron chi connectivity index (χ2n) is 6.40. The molecule has 2 saturated heterocycles. The summed E-state index contributed by atoms with van der Waals surface area (Å²) in [6.07, 6.45) is -0.0453. The highest BCUT2D eigenvalue weighted by Gasteiger charge is 2.64. The number of hydrogen-bond donors (Lipinski definition) is 2. The second-order valence-corrected chi connectivity index (χ2v) is 6.40. The molecule has 2 heterocycles. The molecule has 2 aromatic rings.